The van der Waals surface area contributed by atoms with Crippen molar-refractivity contribution in [3.63, 3.8) is 0 Å². The van der Waals surface area contributed by atoms with Gasteiger partial charge in [0.05, 0.1) is 12.0 Å². The van der Waals surface area contributed by atoms with Crippen molar-refractivity contribution < 1.29 is 14.6 Å². The van der Waals surface area contributed by atoms with E-state index in [4.69, 9.17) is 16.3 Å². The van der Waals surface area contributed by atoms with Gasteiger partial charge in [-0.2, -0.15) is 0 Å². The third-order valence-corrected chi connectivity index (χ3v) is 3.13. The predicted octanol–water partition coefficient (Wildman–Crippen LogP) is 2.91. The van der Waals surface area contributed by atoms with E-state index in [-0.39, 0.29) is 17.9 Å². The van der Waals surface area contributed by atoms with Crippen LogP contribution in [0.15, 0.2) is 11.1 Å². The lowest BCUT2D eigenvalue weighted by Gasteiger charge is -2.09. The summed E-state index contributed by atoms with van der Waals surface area (Å²) in [5, 5.41) is 11.4. The molecule has 1 heterocycles. The Morgan fingerprint density at radius 2 is 2.35 bits per heavy atom. The van der Waals surface area contributed by atoms with Crippen LogP contribution < -0.4 is 0 Å². The number of allylic oxidation sites excluding steroid dienone is 1. The Bertz CT molecular complexity index is 440. The van der Waals surface area contributed by atoms with Crippen LogP contribution in [0, 0.1) is 6.92 Å². The number of carbonyl (C=O) groups is 1. The Morgan fingerprint density at radius 1 is 1.71 bits per heavy atom. The van der Waals surface area contributed by atoms with E-state index < -0.39 is 11.3 Å². The first-order valence-electron chi connectivity index (χ1n) is 5.14. The Hall–Kier alpha value is -1.07. The van der Waals surface area contributed by atoms with Crippen LogP contribution in [0.3, 0.4) is 0 Å². The molecule has 0 bridgehead atoms. The second kappa shape index (κ2) is 6.02. The molecule has 1 atom stereocenters. The first-order valence-corrected chi connectivity index (χ1v) is 6.45. The molecular weight excluding hydrogens is 262 g/mol. The maximum absolute atomic E-state index is 11.8. The number of rotatable bonds is 4. The number of nitrogens with zero attached hydrogens (tertiary/aromatic N) is 1. The number of thiazole rings is 1. The molecule has 0 spiro atoms. The molecule has 0 fully saturated rings. The number of hydrogen-bond donors (Lipinski definition) is 1. The molecular formula is C11H14ClNO3S. The topological polar surface area (TPSA) is 59.4 Å². The van der Waals surface area contributed by atoms with E-state index >= 15 is 0 Å². The van der Waals surface area contributed by atoms with E-state index in [0.717, 1.165) is 5.69 Å². The average molecular weight is 276 g/mol. The molecule has 0 saturated heterocycles. The minimum atomic E-state index is -0.668. The van der Waals surface area contributed by atoms with Crippen LogP contribution in [-0.4, -0.2) is 28.0 Å². The molecule has 0 aliphatic rings. The summed E-state index contributed by atoms with van der Waals surface area (Å²) < 4.78 is 4.89. The van der Waals surface area contributed by atoms with Gasteiger partial charge in [0.1, 0.15) is 16.3 Å². The summed E-state index contributed by atoms with van der Waals surface area (Å²) in [6.45, 7) is 5.32. The monoisotopic (exact) mass is 275 g/mol. The van der Waals surface area contributed by atoms with E-state index in [1.165, 1.54) is 11.3 Å². The van der Waals surface area contributed by atoms with Gasteiger partial charge in [-0.25, -0.2) is 9.78 Å². The summed E-state index contributed by atoms with van der Waals surface area (Å²) in [5.74, 6) is -0.814. The van der Waals surface area contributed by atoms with Crippen LogP contribution in [0.25, 0.3) is 5.57 Å². The fourth-order valence-electron chi connectivity index (χ4n) is 1.17. The number of aliphatic hydroxyl groups excluding tert-OH is 1. The average Bonchev–Trinajstić information content (AvgIpc) is 2.65. The first-order chi connectivity index (χ1) is 7.97. The zero-order valence-corrected chi connectivity index (χ0v) is 11.4. The molecule has 1 rings (SSSR count). The van der Waals surface area contributed by atoms with Crippen molar-refractivity contribution in [3.05, 3.63) is 21.8 Å². The van der Waals surface area contributed by atoms with Gasteiger partial charge in [0, 0.05) is 11.1 Å². The minimum absolute atomic E-state index is 0.0486. The summed E-state index contributed by atoms with van der Waals surface area (Å²) in [6.07, 6.45) is 0. The Morgan fingerprint density at radius 3 is 2.76 bits per heavy atom. The highest BCUT2D eigenvalue weighted by Gasteiger charge is 2.24. The van der Waals surface area contributed by atoms with Gasteiger partial charge >= 0.3 is 5.97 Å². The van der Waals surface area contributed by atoms with Crippen LogP contribution in [0.1, 0.15) is 24.5 Å². The van der Waals surface area contributed by atoms with Crippen LogP contribution >= 0.6 is 22.9 Å². The van der Waals surface area contributed by atoms with Crippen molar-refractivity contribution in [2.75, 3.05) is 6.61 Å². The molecule has 94 valence electrons. The Balaban J connectivity index is 3.21. The second-order valence-electron chi connectivity index (χ2n) is 3.39. The lowest BCUT2D eigenvalue weighted by Crippen LogP contribution is -2.12. The molecule has 0 aliphatic carbocycles. The standard InChI is InChI=1S/C11H14ClNO3S/c1-4-16-11(15)8(9(14)7(3)12)10-13-6(2)5-17-10/h5,7,14H,4H2,1-3H3. The zero-order chi connectivity index (χ0) is 13.0. The number of aliphatic hydroxyl groups is 1. The predicted molar refractivity (Wildman–Crippen MR) is 68.3 cm³/mol. The van der Waals surface area contributed by atoms with Gasteiger partial charge in [0.25, 0.3) is 0 Å². The number of aryl methyl sites for hydroxylation is 1. The molecule has 4 nitrogen and oxygen atoms in total. The third kappa shape index (κ3) is 3.44. The van der Waals surface area contributed by atoms with Crippen molar-refractivity contribution in [1.82, 2.24) is 4.98 Å². The molecule has 0 amide bonds. The number of ether oxygens (including phenoxy) is 1. The Labute approximate surface area is 109 Å². The smallest absolute Gasteiger partial charge is 0.344 e. The van der Waals surface area contributed by atoms with Crippen molar-refractivity contribution in [1.29, 1.82) is 0 Å². The number of halogens is 1. The zero-order valence-electron chi connectivity index (χ0n) is 9.86. The lowest BCUT2D eigenvalue weighted by molar-refractivity contribution is -0.136. The van der Waals surface area contributed by atoms with Crippen LogP contribution in [0.5, 0.6) is 0 Å². The molecule has 6 heteroatoms. The quantitative estimate of drug-likeness (QED) is 0.397. The highest BCUT2D eigenvalue weighted by atomic mass is 35.5. The van der Waals surface area contributed by atoms with Crippen LogP contribution in [0.4, 0.5) is 0 Å². The van der Waals surface area contributed by atoms with Crippen molar-refractivity contribution in [2.24, 2.45) is 0 Å². The molecule has 17 heavy (non-hydrogen) atoms. The molecule has 1 aromatic heterocycles. The normalized spacial score (nSPS) is 14.1. The molecule has 0 aliphatic heterocycles. The van der Waals surface area contributed by atoms with E-state index in [9.17, 15) is 9.90 Å². The molecule has 0 radical (unpaired) electrons. The Kier molecular flexibility index (Phi) is 4.96. The SMILES string of the molecule is CCOC(=O)C(=C(O)C(C)Cl)c1nc(C)cs1. The van der Waals surface area contributed by atoms with Crippen molar-refractivity contribution >= 4 is 34.5 Å². The summed E-state index contributed by atoms with van der Waals surface area (Å²) >= 11 is 7.05. The van der Waals surface area contributed by atoms with E-state index in [1.54, 1.807) is 19.2 Å². The fraction of sp³-hybridized carbons (Fsp3) is 0.455. The number of hydrogen-bond acceptors (Lipinski definition) is 5. The van der Waals surface area contributed by atoms with Gasteiger partial charge in [0.15, 0.2) is 0 Å². The number of alkyl halides is 1. The van der Waals surface area contributed by atoms with Gasteiger partial charge < -0.3 is 9.84 Å². The molecule has 0 aromatic carbocycles. The summed E-state index contributed by atoms with van der Waals surface area (Å²) in [7, 11) is 0. The van der Waals surface area contributed by atoms with Crippen molar-refractivity contribution in [3.8, 4) is 0 Å². The van der Waals surface area contributed by atoms with Gasteiger partial charge in [-0.3, -0.25) is 0 Å². The highest BCUT2D eigenvalue weighted by Crippen LogP contribution is 2.26. The highest BCUT2D eigenvalue weighted by molar-refractivity contribution is 7.11. The van der Waals surface area contributed by atoms with E-state index in [0.29, 0.717) is 5.01 Å². The molecule has 1 unspecified atom stereocenters. The lowest BCUT2D eigenvalue weighted by atomic mass is 10.2. The van der Waals surface area contributed by atoms with Gasteiger partial charge in [-0.05, 0) is 20.8 Å². The molecule has 1 N–H and O–H groups in total. The molecule has 0 saturated carbocycles. The van der Waals surface area contributed by atoms with Crippen molar-refractivity contribution in [2.45, 2.75) is 26.1 Å². The van der Waals surface area contributed by atoms with Crippen LogP contribution in [0.2, 0.25) is 0 Å². The van der Waals surface area contributed by atoms with Gasteiger partial charge in [0.2, 0.25) is 0 Å². The van der Waals surface area contributed by atoms with E-state index in [2.05, 4.69) is 4.98 Å². The number of carbonyl (C=O) groups excluding carboxylic acids is 1. The maximum atomic E-state index is 11.8. The summed E-state index contributed by atoms with van der Waals surface area (Å²) in [5.41, 5.74) is 0.828. The van der Waals surface area contributed by atoms with Gasteiger partial charge in [-0.15, -0.1) is 22.9 Å². The maximum Gasteiger partial charge on any atom is 0.344 e. The molecule has 1 aromatic rings. The minimum Gasteiger partial charge on any atom is -0.510 e. The number of aromatic nitrogens is 1. The van der Waals surface area contributed by atoms with E-state index in [1.807, 2.05) is 6.92 Å². The number of esters is 1. The summed E-state index contributed by atoms with van der Waals surface area (Å²) in [4.78, 5) is 15.9. The van der Waals surface area contributed by atoms with Gasteiger partial charge in [-0.1, -0.05) is 0 Å². The fourth-order valence-corrected chi connectivity index (χ4v) is 2.12. The largest absolute Gasteiger partial charge is 0.510 e. The summed E-state index contributed by atoms with van der Waals surface area (Å²) in [6, 6.07) is 0. The second-order valence-corrected chi connectivity index (χ2v) is 4.90. The van der Waals surface area contributed by atoms with Crippen LogP contribution in [-0.2, 0) is 9.53 Å². The third-order valence-electron chi connectivity index (χ3n) is 1.95. The first kappa shape index (κ1) is 14.0.